The highest BCUT2D eigenvalue weighted by molar-refractivity contribution is 7.98. The van der Waals surface area contributed by atoms with E-state index >= 15 is 0 Å². The summed E-state index contributed by atoms with van der Waals surface area (Å²) >= 11 is 1.76. The lowest BCUT2D eigenvalue weighted by atomic mass is 10.2. The molecule has 0 aliphatic heterocycles. The average Bonchev–Trinajstić information content (AvgIpc) is 2.92. The first-order valence-electron chi connectivity index (χ1n) is 13.9. The fourth-order valence-corrected chi connectivity index (χ4v) is 4.99. The molecule has 0 unspecified atom stereocenters. The minimum Gasteiger partial charge on any atom is -0.491 e. The van der Waals surface area contributed by atoms with Crippen LogP contribution in [-0.2, 0) is 21.7 Å². The van der Waals surface area contributed by atoms with Crippen LogP contribution in [0.15, 0.2) is 71.6 Å². The molecule has 3 rings (SSSR count). The third kappa shape index (κ3) is 11.7. The number of amides is 2. The molecule has 0 saturated heterocycles. The number of nitrogens with one attached hydrogen (secondary N) is 2. The predicted molar refractivity (Wildman–Crippen MR) is 166 cm³/mol. The summed E-state index contributed by atoms with van der Waals surface area (Å²) < 4.78 is 11.3. The van der Waals surface area contributed by atoms with E-state index in [1.165, 1.54) is 27.7 Å². The Kier molecular flexibility index (Phi) is 12.3. The van der Waals surface area contributed by atoms with E-state index in [0.717, 1.165) is 12.1 Å². The van der Waals surface area contributed by atoms with Gasteiger partial charge in [-0.3, -0.25) is 4.79 Å². The SMILES string of the molecule is Cc1cccc(C)c1SCc1ccc(OCCc2ccccc2)c(C=CC(=O)NCCCNC(=O)OC(C)(C)C)n1. The number of carbonyl (C=O) groups excluding carboxylic acids is 2. The second-order valence-electron chi connectivity index (χ2n) is 10.7. The molecule has 0 atom stereocenters. The number of nitrogens with zero attached hydrogens (tertiary/aromatic N) is 1. The van der Waals surface area contributed by atoms with Crippen molar-refractivity contribution in [1.29, 1.82) is 0 Å². The van der Waals surface area contributed by atoms with Crippen LogP contribution in [0.4, 0.5) is 4.79 Å². The van der Waals surface area contributed by atoms with Crippen LogP contribution in [0.25, 0.3) is 6.08 Å². The Morgan fingerprint density at radius 2 is 1.63 bits per heavy atom. The molecule has 2 N–H and O–H groups in total. The first kappa shape index (κ1) is 31.7. The molecule has 41 heavy (non-hydrogen) atoms. The Morgan fingerprint density at radius 3 is 2.34 bits per heavy atom. The van der Waals surface area contributed by atoms with Crippen molar-refractivity contribution in [1.82, 2.24) is 15.6 Å². The highest BCUT2D eigenvalue weighted by Crippen LogP contribution is 2.30. The Balaban J connectivity index is 1.60. The lowest BCUT2D eigenvalue weighted by Crippen LogP contribution is -2.34. The summed E-state index contributed by atoms with van der Waals surface area (Å²) in [5, 5.41) is 5.53. The minimum atomic E-state index is -0.545. The fourth-order valence-electron chi connectivity index (χ4n) is 3.94. The van der Waals surface area contributed by atoms with Crippen LogP contribution >= 0.6 is 11.8 Å². The maximum Gasteiger partial charge on any atom is 0.407 e. The number of alkyl carbamates (subject to hydrolysis) is 1. The van der Waals surface area contributed by atoms with Crippen molar-refractivity contribution in [2.45, 2.75) is 63.7 Å². The number of thioether (sulfide) groups is 1. The molecular formula is C33H41N3O4S. The number of pyridine rings is 1. The van der Waals surface area contributed by atoms with Gasteiger partial charge in [0.05, 0.1) is 12.3 Å². The highest BCUT2D eigenvalue weighted by atomic mass is 32.2. The predicted octanol–water partition coefficient (Wildman–Crippen LogP) is 6.66. The molecule has 0 saturated carbocycles. The van der Waals surface area contributed by atoms with E-state index in [4.69, 9.17) is 14.5 Å². The largest absolute Gasteiger partial charge is 0.491 e. The van der Waals surface area contributed by atoms with Crippen LogP contribution in [0.5, 0.6) is 5.75 Å². The Hall–Kier alpha value is -3.78. The summed E-state index contributed by atoms with van der Waals surface area (Å²) in [6.07, 6.45) is 4.04. The first-order chi connectivity index (χ1) is 19.6. The average molecular weight is 576 g/mol. The molecule has 0 aliphatic carbocycles. The van der Waals surface area contributed by atoms with Crippen LogP contribution in [-0.4, -0.2) is 42.3 Å². The lowest BCUT2D eigenvalue weighted by Gasteiger charge is -2.19. The normalized spacial score (nSPS) is 11.3. The number of rotatable bonds is 13. The van der Waals surface area contributed by atoms with E-state index in [0.29, 0.717) is 43.3 Å². The van der Waals surface area contributed by atoms with Crippen LogP contribution in [0.2, 0.25) is 0 Å². The van der Waals surface area contributed by atoms with Crippen molar-refractivity contribution in [2.75, 3.05) is 19.7 Å². The number of carbonyl (C=O) groups is 2. The lowest BCUT2D eigenvalue weighted by molar-refractivity contribution is -0.116. The summed E-state index contributed by atoms with van der Waals surface area (Å²) in [4.78, 5) is 30.3. The molecule has 3 aromatic rings. The molecular weight excluding hydrogens is 534 g/mol. The molecule has 0 fully saturated rings. The van der Waals surface area contributed by atoms with Gasteiger partial charge >= 0.3 is 6.09 Å². The molecule has 8 heteroatoms. The third-order valence-corrected chi connectivity index (χ3v) is 7.29. The van der Waals surface area contributed by atoms with E-state index in [2.05, 4.69) is 54.8 Å². The van der Waals surface area contributed by atoms with E-state index in [9.17, 15) is 9.59 Å². The van der Waals surface area contributed by atoms with Crippen LogP contribution in [0.1, 0.15) is 55.3 Å². The molecule has 2 amide bonds. The van der Waals surface area contributed by atoms with Gasteiger partial charge in [0.2, 0.25) is 5.91 Å². The number of ether oxygens (including phenoxy) is 2. The number of hydrogen-bond donors (Lipinski definition) is 2. The molecule has 218 valence electrons. The van der Waals surface area contributed by atoms with Crippen molar-refractivity contribution in [3.8, 4) is 5.75 Å². The molecule has 0 radical (unpaired) electrons. The van der Waals surface area contributed by atoms with Crippen molar-refractivity contribution in [3.05, 3.63) is 94.8 Å². The highest BCUT2D eigenvalue weighted by Gasteiger charge is 2.15. The summed E-state index contributed by atoms with van der Waals surface area (Å²) in [5.41, 5.74) is 4.65. The second-order valence-corrected chi connectivity index (χ2v) is 11.7. The third-order valence-electron chi connectivity index (χ3n) is 5.92. The van der Waals surface area contributed by atoms with E-state index in [1.807, 2.05) is 51.1 Å². The van der Waals surface area contributed by atoms with Crippen LogP contribution in [0, 0.1) is 13.8 Å². The van der Waals surface area contributed by atoms with E-state index < -0.39 is 11.7 Å². The maximum atomic E-state index is 12.5. The Morgan fingerprint density at radius 1 is 0.927 bits per heavy atom. The molecule has 7 nitrogen and oxygen atoms in total. The van der Waals surface area contributed by atoms with Gasteiger partial charge in [-0.1, -0.05) is 48.5 Å². The zero-order valence-electron chi connectivity index (χ0n) is 24.7. The molecule has 2 aromatic carbocycles. The van der Waals surface area contributed by atoms with Gasteiger partial charge in [0.1, 0.15) is 17.0 Å². The quantitative estimate of drug-likeness (QED) is 0.135. The van der Waals surface area contributed by atoms with Crippen molar-refractivity contribution in [2.24, 2.45) is 0 Å². The summed E-state index contributed by atoms with van der Waals surface area (Å²) in [5.74, 6) is 1.09. The van der Waals surface area contributed by atoms with Gasteiger partial charge in [-0.25, -0.2) is 9.78 Å². The number of benzene rings is 2. The monoisotopic (exact) mass is 575 g/mol. The summed E-state index contributed by atoms with van der Waals surface area (Å²) in [6.45, 7) is 11.0. The standard InChI is InChI=1S/C33H41N3O4S/c1-24-11-9-12-25(2)31(24)41-23-27-15-17-29(39-22-19-26-13-7-6-8-14-26)28(36-27)16-18-30(37)34-20-10-21-35-32(38)40-33(3,4)5/h6-9,11-18H,10,19-23H2,1-5H3,(H,34,37)(H,35,38). The number of aryl methyl sites for hydroxylation is 2. The Bertz CT molecular complexity index is 1300. The van der Waals surface area contributed by atoms with Gasteiger partial charge in [-0.15, -0.1) is 11.8 Å². The van der Waals surface area contributed by atoms with Gasteiger partial charge in [0.15, 0.2) is 0 Å². The molecule has 0 aliphatic rings. The fraction of sp³-hybridized carbons (Fsp3) is 0.364. The van der Waals surface area contributed by atoms with Gasteiger partial charge in [-0.05, 0) is 75.9 Å². The van der Waals surface area contributed by atoms with Crippen molar-refractivity contribution < 1.29 is 19.1 Å². The van der Waals surface area contributed by atoms with Gasteiger partial charge < -0.3 is 20.1 Å². The smallest absolute Gasteiger partial charge is 0.407 e. The topological polar surface area (TPSA) is 89.6 Å². The van der Waals surface area contributed by atoms with Crippen LogP contribution < -0.4 is 15.4 Å². The number of aromatic nitrogens is 1. The zero-order chi connectivity index (χ0) is 29.7. The summed E-state index contributed by atoms with van der Waals surface area (Å²) in [7, 11) is 0. The maximum absolute atomic E-state index is 12.5. The molecule has 1 heterocycles. The van der Waals surface area contributed by atoms with Gasteiger partial charge in [-0.2, -0.15) is 0 Å². The van der Waals surface area contributed by atoms with Crippen LogP contribution in [0.3, 0.4) is 0 Å². The first-order valence-corrected chi connectivity index (χ1v) is 14.9. The van der Waals surface area contributed by atoms with Crippen molar-refractivity contribution >= 4 is 29.8 Å². The Labute approximate surface area is 248 Å². The molecule has 1 aromatic heterocycles. The van der Waals surface area contributed by atoms with E-state index in [1.54, 1.807) is 17.8 Å². The van der Waals surface area contributed by atoms with E-state index in [-0.39, 0.29) is 5.91 Å². The minimum absolute atomic E-state index is 0.241. The van der Waals surface area contributed by atoms with Gasteiger partial charge in [0, 0.05) is 36.2 Å². The molecule has 0 spiro atoms. The van der Waals surface area contributed by atoms with Gasteiger partial charge in [0.25, 0.3) is 0 Å². The molecule has 0 bridgehead atoms. The number of hydrogen-bond acceptors (Lipinski definition) is 6. The second kappa shape index (κ2) is 15.9. The zero-order valence-corrected chi connectivity index (χ0v) is 25.5. The summed E-state index contributed by atoms with van der Waals surface area (Å²) in [6, 6.07) is 20.4. The van der Waals surface area contributed by atoms with Crippen molar-refractivity contribution in [3.63, 3.8) is 0 Å².